The number of rotatable bonds is 5. The van der Waals surface area contributed by atoms with Gasteiger partial charge in [0.15, 0.2) is 0 Å². The molecule has 0 radical (unpaired) electrons. The summed E-state index contributed by atoms with van der Waals surface area (Å²) in [5, 5.41) is 0. The first-order valence-electron chi connectivity index (χ1n) is 5.21. The summed E-state index contributed by atoms with van der Waals surface area (Å²) in [6, 6.07) is 6.62. The first-order chi connectivity index (χ1) is 8.17. The average molecular weight is 351 g/mol. The molecule has 0 unspecified atom stereocenters. The Morgan fingerprint density at radius 2 is 2.00 bits per heavy atom. The van der Waals surface area contributed by atoms with E-state index in [4.69, 9.17) is 18.0 Å². The molecule has 18 heavy (non-hydrogen) atoms. The van der Waals surface area contributed by atoms with Crippen LogP contribution in [0.4, 0.5) is 0 Å². The summed E-state index contributed by atoms with van der Waals surface area (Å²) in [7, 11) is -3.57. The van der Waals surface area contributed by atoms with Crippen LogP contribution < -0.4 is 10.5 Å². The van der Waals surface area contributed by atoms with Crippen LogP contribution >= 0.6 is 28.1 Å². The molecule has 0 aliphatic heterocycles. The fourth-order valence-corrected chi connectivity index (χ4v) is 3.39. The zero-order valence-corrected chi connectivity index (χ0v) is 13.3. The van der Waals surface area contributed by atoms with Crippen LogP contribution in [0.25, 0.3) is 0 Å². The lowest BCUT2D eigenvalue weighted by molar-refractivity contribution is 0.501. The van der Waals surface area contributed by atoms with Crippen molar-refractivity contribution in [1.29, 1.82) is 0 Å². The van der Waals surface area contributed by atoms with E-state index in [9.17, 15) is 8.42 Å². The molecule has 7 heteroatoms. The summed E-state index contributed by atoms with van der Waals surface area (Å²) in [6.07, 6.45) is 0. The summed E-state index contributed by atoms with van der Waals surface area (Å²) in [5.41, 5.74) is 4.99. The predicted octanol–water partition coefficient (Wildman–Crippen LogP) is 2.04. The third kappa shape index (κ3) is 3.74. The number of hydrogen-bond acceptors (Lipinski definition) is 3. The number of hydrogen-bond donors (Lipinski definition) is 2. The van der Waals surface area contributed by atoms with Crippen molar-refractivity contribution < 1.29 is 8.42 Å². The molecule has 0 spiro atoms. The molecule has 0 atom stereocenters. The highest BCUT2D eigenvalue weighted by molar-refractivity contribution is 9.10. The van der Waals surface area contributed by atoms with Crippen molar-refractivity contribution in [3.63, 3.8) is 0 Å². The summed E-state index contributed by atoms with van der Waals surface area (Å²) >= 11 is 8.11. The number of nitrogens with one attached hydrogen (secondary N) is 1. The van der Waals surface area contributed by atoms with Gasteiger partial charge in [0, 0.05) is 16.4 Å². The zero-order valence-electron chi connectivity index (χ0n) is 10.1. The van der Waals surface area contributed by atoms with Crippen molar-refractivity contribution in [1.82, 2.24) is 4.72 Å². The second kappa shape index (κ2) is 5.64. The predicted molar refractivity (Wildman–Crippen MR) is 79.9 cm³/mol. The largest absolute Gasteiger partial charge is 0.393 e. The van der Waals surface area contributed by atoms with Crippen molar-refractivity contribution in [2.45, 2.75) is 18.7 Å². The minimum absolute atomic E-state index is 0.159. The Kier molecular flexibility index (Phi) is 4.88. The highest BCUT2D eigenvalue weighted by atomic mass is 79.9. The van der Waals surface area contributed by atoms with Crippen LogP contribution in [0, 0.1) is 5.41 Å². The lowest BCUT2D eigenvalue weighted by Gasteiger charge is -2.23. The molecule has 0 aliphatic rings. The number of sulfonamides is 1. The fourth-order valence-electron chi connectivity index (χ4n) is 1.10. The van der Waals surface area contributed by atoms with E-state index in [2.05, 4.69) is 20.7 Å². The fraction of sp³-hybridized carbons (Fsp3) is 0.364. The Bertz CT molecular complexity index is 556. The maximum atomic E-state index is 12.1. The quantitative estimate of drug-likeness (QED) is 0.797. The lowest BCUT2D eigenvalue weighted by atomic mass is 9.94. The normalized spacial score (nSPS) is 12.4. The van der Waals surface area contributed by atoms with Gasteiger partial charge in [-0.25, -0.2) is 13.1 Å². The van der Waals surface area contributed by atoms with Crippen molar-refractivity contribution in [3.05, 3.63) is 28.7 Å². The minimum atomic E-state index is -3.57. The summed E-state index contributed by atoms with van der Waals surface area (Å²) in [4.78, 5) is 0.473. The highest BCUT2D eigenvalue weighted by Crippen LogP contribution is 2.22. The molecule has 0 saturated carbocycles. The molecule has 100 valence electrons. The maximum Gasteiger partial charge on any atom is 0.241 e. The Morgan fingerprint density at radius 3 is 2.50 bits per heavy atom. The third-order valence-electron chi connectivity index (χ3n) is 2.50. The lowest BCUT2D eigenvalue weighted by Crippen LogP contribution is -2.41. The van der Waals surface area contributed by atoms with E-state index in [1.54, 1.807) is 32.0 Å². The van der Waals surface area contributed by atoms with Gasteiger partial charge in [-0.05, 0) is 28.1 Å². The van der Waals surface area contributed by atoms with Crippen LogP contribution in [0.1, 0.15) is 13.8 Å². The van der Waals surface area contributed by atoms with E-state index in [0.29, 0.717) is 4.47 Å². The van der Waals surface area contributed by atoms with Crippen LogP contribution in [0.5, 0.6) is 0 Å². The number of halogens is 1. The van der Waals surface area contributed by atoms with Crippen molar-refractivity contribution >= 4 is 43.2 Å². The molecular formula is C11H15BrN2O2S2. The monoisotopic (exact) mass is 350 g/mol. The summed E-state index contributed by atoms with van der Waals surface area (Å²) in [6.45, 7) is 3.74. The zero-order chi connectivity index (χ0) is 14.0. The van der Waals surface area contributed by atoms with Gasteiger partial charge in [-0.2, -0.15) is 0 Å². The Balaban J connectivity index is 2.92. The van der Waals surface area contributed by atoms with Gasteiger partial charge in [0.25, 0.3) is 0 Å². The molecule has 3 N–H and O–H groups in total. The molecule has 0 amide bonds. The van der Waals surface area contributed by atoms with Crippen LogP contribution in [0.3, 0.4) is 0 Å². The third-order valence-corrected chi connectivity index (χ3v) is 5.46. The standard InChI is InChI=1S/C11H15BrN2O2S2/c1-11(2,10(13)17)7-14-18(15,16)9-6-4-3-5-8(9)12/h3-6,14H,7H2,1-2H3,(H2,13,17). The summed E-state index contributed by atoms with van der Waals surface area (Å²) in [5.74, 6) is 0. The first-order valence-corrected chi connectivity index (χ1v) is 7.89. The first kappa shape index (κ1) is 15.6. The molecule has 0 fully saturated rings. The van der Waals surface area contributed by atoms with Gasteiger partial charge in [0.2, 0.25) is 10.0 Å². The SMILES string of the molecule is CC(C)(CNS(=O)(=O)c1ccccc1Br)C(N)=S. The van der Waals surface area contributed by atoms with E-state index < -0.39 is 15.4 Å². The second-order valence-electron chi connectivity index (χ2n) is 4.50. The van der Waals surface area contributed by atoms with Crippen LogP contribution in [0.2, 0.25) is 0 Å². The van der Waals surface area contributed by atoms with E-state index in [1.807, 2.05) is 0 Å². The maximum absolute atomic E-state index is 12.1. The van der Waals surface area contributed by atoms with Gasteiger partial charge >= 0.3 is 0 Å². The molecule has 1 rings (SSSR count). The van der Waals surface area contributed by atoms with Crippen LogP contribution in [-0.2, 0) is 10.0 Å². The molecular weight excluding hydrogens is 336 g/mol. The average Bonchev–Trinajstić information content (AvgIpc) is 2.27. The Labute approximate surface area is 121 Å². The Morgan fingerprint density at radius 1 is 1.44 bits per heavy atom. The number of benzene rings is 1. The van der Waals surface area contributed by atoms with Gasteiger partial charge in [0.1, 0.15) is 0 Å². The van der Waals surface area contributed by atoms with Gasteiger partial charge in [-0.15, -0.1) is 0 Å². The number of thiocarbonyl (C=S) groups is 1. The highest BCUT2D eigenvalue weighted by Gasteiger charge is 2.25. The van der Waals surface area contributed by atoms with Crippen molar-refractivity contribution in [2.24, 2.45) is 11.1 Å². The molecule has 1 aromatic carbocycles. The Hall–Kier alpha value is -0.500. The van der Waals surface area contributed by atoms with Crippen LogP contribution in [-0.4, -0.2) is 20.0 Å². The van der Waals surface area contributed by atoms with Crippen LogP contribution in [0.15, 0.2) is 33.6 Å². The smallest absolute Gasteiger partial charge is 0.241 e. The molecule has 4 nitrogen and oxygen atoms in total. The van der Waals surface area contributed by atoms with Gasteiger partial charge in [-0.1, -0.05) is 38.2 Å². The molecule has 0 bridgehead atoms. The van der Waals surface area contributed by atoms with E-state index in [1.165, 1.54) is 6.07 Å². The number of nitrogens with two attached hydrogens (primary N) is 1. The van der Waals surface area contributed by atoms with Crippen molar-refractivity contribution in [3.8, 4) is 0 Å². The second-order valence-corrected chi connectivity index (χ2v) is 7.53. The minimum Gasteiger partial charge on any atom is -0.393 e. The van der Waals surface area contributed by atoms with E-state index in [0.717, 1.165) is 0 Å². The van der Waals surface area contributed by atoms with Crippen molar-refractivity contribution in [2.75, 3.05) is 6.54 Å². The van der Waals surface area contributed by atoms with E-state index >= 15 is 0 Å². The van der Waals surface area contributed by atoms with Gasteiger partial charge in [0.05, 0.1) is 9.88 Å². The molecule has 0 saturated heterocycles. The molecule has 0 aliphatic carbocycles. The summed E-state index contributed by atoms with van der Waals surface area (Å²) < 4.78 is 27.2. The molecule has 0 aromatic heterocycles. The topological polar surface area (TPSA) is 72.2 Å². The van der Waals surface area contributed by atoms with Gasteiger partial charge < -0.3 is 5.73 Å². The molecule has 0 heterocycles. The van der Waals surface area contributed by atoms with E-state index in [-0.39, 0.29) is 16.4 Å². The molecule has 1 aromatic rings. The van der Waals surface area contributed by atoms with Gasteiger partial charge in [-0.3, -0.25) is 0 Å².